The van der Waals surface area contributed by atoms with Crippen LogP contribution in [0.25, 0.3) is 0 Å². The summed E-state index contributed by atoms with van der Waals surface area (Å²) >= 11 is 15.0. The number of nitrogens with zero attached hydrogens (tertiary/aromatic N) is 2. The number of aromatic nitrogens is 2. The van der Waals surface area contributed by atoms with E-state index < -0.39 is 11.9 Å². The third-order valence-electron chi connectivity index (χ3n) is 3.72. The molecule has 10 heteroatoms. The highest BCUT2D eigenvalue weighted by Crippen LogP contribution is 2.19. The SMILES string of the molecule is CCCSc1ncc(Cl)c(C(=O)N[C@@H](CCSC)C(=O)Nc2ccc(Cl)cc2)n1. The van der Waals surface area contributed by atoms with Gasteiger partial charge in [-0.05, 0) is 49.1 Å². The molecule has 0 saturated heterocycles. The Kier molecular flexibility index (Phi) is 10.1. The van der Waals surface area contributed by atoms with Gasteiger partial charge >= 0.3 is 0 Å². The van der Waals surface area contributed by atoms with Crippen LogP contribution in [-0.2, 0) is 4.79 Å². The number of carbonyl (C=O) groups excluding carboxylic acids is 2. The summed E-state index contributed by atoms with van der Waals surface area (Å²) in [5.74, 6) is 0.713. The number of carbonyl (C=O) groups is 2. The van der Waals surface area contributed by atoms with Gasteiger partial charge in [0.15, 0.2) is 10.9 Å². The average molecular weight is 473 g/mol. The van der Waals surface area contributed by atoms with E-state index in [2.05, 4.69) is 20.6 Å². The van der Waals surface area contributed by atoms with E-state index in [0.717, 1.165) is 12.2 Å². The predicted octanol–water partition coefficient (Wildman–Crippen LogP) is 4.78. The number of anilines is 1. The van der Waals surface area contributed by atoms with Gasteiger partial charge in [0.1, 0.15) is 6.04 Å². The highest BCUT2D eigenvalue weighted by Gasteiger charge is 2.24. The van der Waals surface area contributed by atoms with Crippen LogP contribution in [0.15, 0.2) is 35.6 Å². The van der Waals surface area contributed by atoms with Gasteiger partial charge in [0.05, 0.1) is 11.2 Å². The minimum absolute atomic E-state index is 0.0636. The van der Waals surface area contributed by atoms with Crippen LogP contribution in [0, 0.1) is 0 Å². The highest BCUT2D eigenvalue weighted by molar-refractivity contribution is 7.99. The molecule has 0 aliphatic carbocycles. The minimum Gasteiger partial charge on any atom is -0.339 e. The van der Waals surface area contributed by atoms with Crippen molar-refractivity contribution in [3.05, 3.63) is 46.2 Å². The quantitative estimate of drug-likeness (QED) is 0.382. The molecule has 0 aliphatic rings. The largest absolute Gasteiger partial charge is 0.339 e. The lowest BCUT2D eigenvalue weighted by Gasteiger charge is -2.18. The zero-order valence-electron chi connectivity index (χ0n) is 16.1. The van der Waals surface area contributed by atoms with E-state index >= 15 is 0 Å². The average Bonchev–Trinajstić information content (AvgIpc) is 2.71. The summed E-state index contributed by atoms with van der Waals surface area (Å²) in [6, 6.07) is 6.03. The van der Waals surface area contributed by atoms with E-state index in [0.29, 0.717) is 28.0 Å². The lowest BCUT2D eigenvalue weighted by atomic mass is 10.2. The van der Waals surface area contributed by atoms with Gasteiger partial charge < -0.3 is 10.6 Å². The number of nitrogens with one attached hydrogen (secondary N) is 2. The maximum atomic E-state index is 12.8. The first-order valence-corrected chi connectivity index (χ1v) is 12.1. The molecule has 2 N–H and O–H groups in total. The van der Waals surface area contributed by atoms with Crippen molar-refractivity contribution in [1.82, 2.24) is 15.3 Å². The normalized spacial score (nSPS) is 11.7. The molecule has 2 aromatic rings. The summed E-state index contributed by atoms with van der Waals surface area (Å²) in [5.41, 5.74) is 0.662. The Labute approximate surface area is 188 Å². The molecule has 2 rings (SSSR count). The van der Waals surface area contributed by atoms with E-state index in [-0.39, 0.29) is 16.6 Å². The third kappa shape index (κ3) is 7.70. The fraction of sp³-hybridized carbons (Fsp3) is 0.368. The first kappa shape index (κ1) is 23.8. The van der Waals surface area contributed by atoms with Crippen LogP contribution in [0.5, 0.6) is 0 Å². The zero-order chi connectivity index (χ0) is 21.2. The molecule has 1 atom stereocenters. The summed E-state index contributed by atoms with van der Waals surface area (Å²) in [6.07, 6.45) is 4.77. The molecule has 156 valence electrons. The number of hydrogen-bond acceptors (Lipinski definition) is 6. The Morgan fingerprint density at radius 3 is 2.55 bits per heavy atom. The zero-order valence-corrected chi connectivity index (χ0v) is 19.2. The minimum atomic E-state index is -0.733. The molecular formula is C19H22Cl2N4O2S2. The molecule has 29 heavy (non-hydrogen) atoms. The Hall–Kier alpha value is -1.48. The van der Waals surface area contributed by atoms with E-state index in [1.54, 1.807) is 36.0 Å². The van der Waals surface area contributed by atoms with Crippen molar-refractivity contribution in [3.8, 4) is 0 Å². The number of benzene rings is 1. The maximum Gasteiger partial charge on any atom is 0.272 e. The summed E-state index contributed by atoms with van der Waals surface area (Å²) in [4.78, 5) is 33.9. The Morgan fingerprint density at radius 1 is 1.17 bits per heavy atom. The van der Waals surface area contributed by atoms with Gasteiger partial charge in [0.2, 0.25) is 5.91 Å². The van der Waals surface area contributed by atoms with Crippen molar-refractivity contribution >= 4 is 64.2 Å². The number of halogens is 2. The van der Waals surface area contributed by atoms with E-state index in [9.17, 15) is 9.59 Å². The van der Waals surface area contributed by atoms with Crippen LogP contribution in [-0.4, -0.2) is 45.6 Å². The van der Waals surface area contributed by atoms with Crippen molar-refractivity contribution in [2.75, 3.05) is 23.1 Å². The molecule has 0 bridgehead atoms. The lowest BCUT2D eigenvalue weighted by Crippen LogP contribution is -2.44. The third-order valence-corrected chi connectivity index (χ3v) is 5.96. The van der Waals surface area contributed by atoms with Crippen LogP contribution < -0.4 is 10.6 Å². The molecule has 0 aliphatic heterocycles. The highest BCUT2D eigenvalue weighted by atomic mass is 35.5. The van der Waals surface area contributed by atoms with Crippen molar-refractivity contribution in [2.45, 2.75) is 31.0 Å². The maximum absolute atomic E-state index is 12.8. The Morgan fingerprint density at radius 2 is 1.90 bits per heavy atom. The number of rotatable bonds is 10. The van der Waals surface area contributed by atoms with Crippen LogP contribution in [0.1, 0.15) is 30.3 Å². The summed E-state index contributed by atoms with van der Waals surface area (Å²) in [6.45, 7) is 2.05. The summed E-state index contributed by atoms with van der Waals surface area (Å²) < 4.78 is 0. The molecule has 1 heterocycles. The smallest absolute Gasteiger partial charge is 0.272 e. The standard InChI is InChI=1S/C19H22Cl2N4O2S2/c1-3-9-29-19-22-11-14(21)16(25-19)18(27)24-15(8-10-28-2)17(26)23-13-6-4-12(20)5-7-13/h4-7,11,15H,3,8-10H2,1-2H3,(H,23,26)(H,24,27)/t15-/m0/s1. The summed E-state index contributed by atoms with van der Waals surface area (Å²) in [5, 5.41) is 6.74. The molecular weight excluding hydrogens is 451 g/mol. The fourth-order valence-corrected chi connectivity index (χ4v) is 3.71. The number of amides is 2. The van der Waals surface area contributed by atoms with Gasteiger partial charge in [-0.2, -0.15) is 11.8 Å². The number of thioether (sulfide) groups is 2. The van der Waals surface area contributed by atoms with Gasteiger partial charge in [-0.15, -0.1) is 0 Å². The second kappa shape index (κ2) is 12.3. The Bertz CT molecular complexity index is 837. The molecule has 0 spiro atoms. The molecule has 0 unspecified atom stereocenters. The van der Waals surface area contributed by atoms with Gasteiger partial charge in [-0.3, -0.25) is 9.59 Å². The van der Waals surface area contributed by atoms with Crippen molar-refractivity contribution in [2.24, 2.45) is 0 Å². The molecule has 2 amide bonds. The van der Waals surface area contributed by atoms with Crippen molar-refractivity contribution < 1.29 is 9.59 Å². The first-order valence-electron chi connectivity index (χ1n) is 8.96. The molecule has 0 saturated carbocycles. The lowest BCUT2D eigenvalue weighted by molar-refractivity contribution is -0.118. The van der Waals surface area contributed by atoms with Crippen molar-refractivity contribution in [3.63, 3.8) is 0 Å². The van der Waals surface area contributed by atoms with Crippen LogP contribution in [0.2, 0.25) is 10.0 Å². The van der Waals surface area contributed by atoms with Crippen LogP contribution in [0.3, 0.4) is 0 Å². The monoisotopic (exact) mass is 472 g/mol. The van der Waals surface area contributed by atoms with Crippen molar-refractivity contribution in [1.29, 1.82) is 0 Å². The van der Waals surface area contributed by atoms with Gasteiger partial charge in [-0.25, -0.2) is 9.97 Å². The number of hydrogen-bond donors (Lipinski definition) is 2. The van der Waals surface area contributed by atoms with E-state index in [1.165, 1.54) is 18.0 Å². The molecule has 0 radical (unpaired) electrons. The Balaban J connectivity index is 2.13. The van der Waals surface area contributed by atoms with Gasteiger partial charge in [0, 0.05) is 16.5 Å². The molecule has 1 aromatic carbocycles. The first-order chi connectivity index (χ1) is 13.9. The molecule has 6 nitrogen and oxygen atoms in total. The van der Waals surface area contributed by atoms with Gasteiger partial charge in [-0.1, -0.05) is 41.9 Å². The van der Waals surface area contributed by atoms with E-state index in [4.69, 9.17) is 23.2 Å². The van der Waals surface area contributed by atoms with Gasteiger partial charge in [0.25, 0.3) is 5.91 Å². The predicted molar refractivity (Wildman–Crippen MR) is 122 cm³/mol. The topological polar surface area (TPSA) is 84.0 Å². The molecule has 0 fully saturated rings. The summed E-state index contributed by atoms with van der Waals surface area (Å²) in [7, 11) is 0. The fourth-order valence-electron chi connectivity index (χ4n) is 2.27. The van der Waals surface area contributed by atoms with Crippen LogP contribution >= 0.6 is 46.7 Å². The van der Waals surface area contributed by atoms with E-state index in [1.807, 2.05) is 13.2 Å². The molecule has 1 aromatic heterocycles. The van der Waals surface area contributed by atoms with Crippen LogP contribution in [0.4, 0.5) is 5.69 Å². The second-order valence-corrected chi connectivity index (χ2v) is 8.89. The second-order valence-electron chi connectivity index (χ2n) is 6.00.